The lowest BCUT2D eigenvalue weighted by Crippen LogP contribution is -2.42. The van der Waals surface area contributed by atoms with Gasteiger partial charge in [-0.25, -0.2) is 4.79 Å². The van der Waals surface area contributed by atoms with E-state index in [1.165, 1.54) is 16.7 Å². The van der Waals surface area contributed by atoms with Gasteiger partial charge < -0.3 is 4.74 Å². The molecular formula is C20H28O2. The Bertz CT molecular complexity index is 595. The summed E-state index contributed by atoms with van der Waals surface area (Å²) in [6, 6.07) is 8.54. The van der Waals surface area contributed by atoms with Crippen LogP contribution in [0.1, 0.15) is 65.0 Å². The summed E-state index contributed by atoms with van der Waals surface area (Å²) in [7, 11) is 0. The van der Waals surface area contributed by atoms with Gasteiger partial charge in [-0.3, -0.25) is 0 Å². The van der Waals surface area contributed by atoms with Crippen LogP contribution in [0.15, 0.2) is 35.4 Å². The van der Waals surface area contributed by atoms with Crippen molar-refractivity contribution in [1.29, 1.82) is 0 Å². The lowest BCUT2D eigenvalue weighted by molar-refractivity contribution is -0.158. The molecule has 0 N–H and O–H groups in total. The second-order valence-electron chi connectivity index (χ2n) is 6.83. The third-order valence-corrected chi connectivity index (χ3v) is 5.16. The highest BCUT2D eigenvalue weighted by Gasteiger charge is 2.41. The third-order valence-electron chi connectivity index (χ3n) is 5.16. The van der Waals surface area contributed by atoms with Gasteiger partial charge in [0.15, 0.2) is 0 Å². The van der Waals surface area contributed by atoms with Crippen molar-refractivity contribution < 1.29 is 9.53 Å². The van der Waals surface area contributed by atoms with Gasteiger partial charge in [0.1, 0.15) is 5.60 Å². The second kappa shape index (κ2) is 6.28. The third kappa shape index (κ3) is 2.97. The number of hydrogen-bond donors (Lipinski definition) is 0. The number of carbonyl (C=O) groups excluding carboxylic acids is 1. The van der Waals surface area contributed by atoms with Gasteiger partial charge in [-0.1, -0.05) is 57.5 Å². The van der Waals surface area contributed by atoms with Crippen LogP contribution in [0, 0.1) is 5.92 Å². The van der Waals surface area contributed by atoms with Gasteiger partial charge in [-0.15, -0.1) is 0 Å². The zero-order chi connectivity index (χ0) is 16.5. The lowest BCUT2D eigenvalue weighted by Gasteiger charge is -2.40. The van der Waals surface area contributed by atoms with E-state index in [0.29, 0.717) is 0 Å². The van der Waals surface area contributed by atoms with Gasteiger partial charge in [0, 0.05) is 17.4 Å². The molecule has 0 fully saturated rings. The van der Waals surface area contributed by atoms with E-state index in [2.05, 4.69) is 52.0 Å². The molecule has 0 aliphatic carbocycles. The first-order valence-corrected chi connectivity index (χ1v) is 8.36. The monoisotopic (exact) mass is 300 g/mol. The molecule has 1 aromatic carbocycles. The standard InChI is InChI=1S/C20H28O2/c1-7-15-10-9-11-16(12-15)13(3)18-17(8-2)14(4)20(5,6)22-19(18)21/h9-14H,7-8H2,1-6H3. The Kier molecular flexibility index (Phi) is 4.79. The average Bonchev–Trinajstić information content (AvgIpc) is 2.49. The molecule has 0 bridgehead atoms. The molecule has 2 unspecified atom stereocenters. The number of carbonyl (C=O) groups is 1. The van der Waals surface area contributed by atoms with Gasteiger partial charge >= 0.3 is 5.97 Å². The van der Waals surface area contributed by atoms with Gasteiger partial charge in [-0.05, 0) is 37.8 Å². The zero-order valence-electron chi connectivity index (χ0n) is 14.7. The molecule has 2 nitrogen and oxygen atoms in total. The maximum Gasteiger partial charge on any atom is 0.335 e. The van der Waals surface area contributed by atoms with E-state index in [9.17, 15) is 4.79 Å². The van der Waals surface area contributed by atoms with E-state index < -0.39 is 5.60 Å². The highest BCUT2D eigenvalue weighted by Crippen LogP contribution is 2.41. The molecule has 0 saturated heterocycles. The minimum absolute atomic E-state index is 0.0764. The van der Waals surface area contributed by atoms with Crippen LogP contribution >= 0.6 is 0 Å². The zero-order valence-corrected chi connectivity index (χ0v) is 14.7. The summed E-state index contributed by atoms with van der Waals surface area (Å²) < 4.78 is 5.73. The molecule has 22 heavy (non-hydrogen) atoms. The van der Waals surface area contributed by atoms with E-state index >= 15 is 0 Å². The van der Waals surface area contributed by atoms with E-state index in [0.717, 1.165) is 18.4 Å². The van der Waals surface area contributed by atoms with Crippen molar-refractivity contribution in [1.82, 2.24) is 0 Å². The van der Waals surface area contributed by atoms with Gasteiger partial charge in [-0.2, -0.15) is 0 Å². The predicted molar refractivity (Wildman–Crippen MR) is 90.9 cm³/mol. The van der Waals surface area contributed by atoms with Crippen LogP contribution in [0.2, 0.25) is 0 Å². The number of hydrogen-bond acceptors (Lipinski definition) is 2. The quantitative estimate of drug-likeness (QED) is 0.729. The lowest BCUT2D eigenvalue weighted by atomic mass is 9.76. The van der Waals surface area contributed by atoms with Gasteiger partial charge in [0.05, 0.1) is 0 Å². The van der Waals surface area contributed by atoms with Crippen molar-refractivity contribution in [3.63, 3.8) is 0 Å². The molecule has 0 saturated carbocycles. The van der Waals surface area contributed by atoms with Crippen LogP contribution in [0.5, 0.6) is 0 Å². The summed E-state index contributed by atoms with van der Waals surface area (Å²) in [5.41, 5.74) is 4.19. The Morgan fingerprint density at radius 3 is 2.50 bits per heavy atom. The highest BCUT2D eigenvalue weighted by atomic mass is 16.6. The summed E-state index contributed by atoms with van der Waals surface area (Å²) in [5.74, 6) is 0.184. The van der Waals surface area contributed by atoms with Crippen LogP contribution in [-0.4, -0.2) is 11.6 Å². The summed E-state index contributed by atoms with van der Waals surface area (Å²) >= 11 is 0. The number of aryl methyl sites for hydroxylation is 1. The Hall–Kier alpha value is -1.57. The number of rotatable bonds is 4. The molecule has 1 aromatic rings. The van der Waals surface area contributed by atoms with Crippen molar-refractivity contribution in [3.05, 3.63) is 46.5 Å². The van der Waals surface area contributed by atoms with E-state index in [1.807, 2.05) is 13.8 Å². The van der Waals surface area contributed by atoms with Crippen LogP contribution in [-0.2, 0) is 16.0 Å². The van der Waals surface area contributed by atoms with Crippen molar-refractivity contribution in [2.75, 3.05) is 0 Å². The molecule has 0 amide bonds. The summed E-state index contributed by atoms with van der Waals surface area (Å²) in [6.07, 6.45) is 1.90. The molecule has 2 rings (SSSR count). The number of cyclic esters (lactones) is 1. The Balaban J connectivity index is 2.49. The van der Waals surface area contributed by atoms with Crippen molar-refractivity contribution in [2.24, 2.45) is 5.92 Å². The largest absolute Gasteiger partial charge is 0.456 e. The maximum atomic E-state index is 12.6. The summed E-state index contributed by atoms with van der Waals surface area (Å²) in [5, 5.41) is 0. The molecule has 120 valence electrons. The van der Waals surface area contributed by atoms with E-state index in [-0.39, 0.29) is 17.8 Å². The minimum atomic E-state index is -0.420. The normalized spacial score (nSPS) is 22.5. The van der Waals surface area contributed by atoms with Crippen LogP contribution in [0.25, 0.3) is 0 Å². The highest BCUT2D eigenvalue weighted by molar-refractivity contribution is 5.92. The smallest absolute Gasteiger partial charge is 0.335 e. The molecule has 1 aliphatic heterocycles. The first-order valence-electron chi connectivity index (χ1n) is 8.36. The molecule has 1 aliphatic rings. The SMILES string of the molecule is CCC1=C(C(C)c2cccc(CC)c2)C(=O)OC(C)(C)C1C. The summed E-state index contributed by atoms with van der Waals surface area (Å²) in [4.78, 5) is 12.6. The van der Waals surface area contributed by atoms with Crippen molar-refractivity contribution in [2.45, 2.75) is 65.9 Å². The second-order valence-corrected chi connectivity index (χ2v) is 6.83. The van der Waals surface area contributed by atoms with Crippen molar-refractivity contribution in [3.8, 4) is 0 Å². The van der Waals surface area contributed by atoms with E-state index in [1.54, 1.807) is 0 Å². The van der Waals surface area contributed by atoms with E-state index in [4.69, 9.17) is 4.74 Å². The average molecular weight is 300 g/mol. The maximum absolute atomic E-state index is 12.6. The predicted octanol–water partition coefficient (Wildman–Crippen LogP) is 5.03. The van der Waals surface area contributed by atoms with Crippen molar-refractivity contribution >= 4 is 5.97 Å². The topological polar surface area (TPSA) is 26.3 Å². The Morgan fingerprint density at radius 1 is 1.23 bits per heavy atom. The van der Waals surface area contributed by atoms with Crippen LogP contribution < -0.4 is 0 Å². The molecule has 1 heterocycles. The number of benzene rings is 1. The Labute approximate surface area is 134 Å². The molecular weight excluding hydrogens is 272 g/mol. The van der Waals surface area contributed by atoms with Crippen LogP contribution in [0.4, 0.5) is 0 Å². The van der Waals surface area contributed by atoms with Gasteiger partial charge in [0.2, 0.25) is 0 Å². The first kappa shape index (κ1) is 16.8. The fraction of sp³-hybridized carbons (Fsp3) is 0.550. The molecule has 0 radical (unpaired) electrons. The van der Waals surface area contributed by atoms with Gasteiger partial charge in [0.25, 0.3) is 0 Å². The summed E-state index contributed by atoms with van der Waals surface area (Å²) in [6.45, 7) is 12.6. The Morgan fingerprint density at radius 2 is 1.91 bits per heavy atom. The molecule has 0 spiro atoms. The number of ether oxygens (including phenoxy) is 1. The molecule has 2 atom stereocenters. The number of esters is 1. The molecule has 2 heteroatoms. The fourth-order valence-electron chi connectivity index (χ4n) is 3.37. The first-order chi connectivity index (χ1) is 10.3. The minimum Gasteiger partial charge on any atom is -0.456 e. The van der Waals surface area contributed by atoms with Crippen LogP contribution in [0.3, 0.4) is 0 Å². The fourth-order valence-corrected chi connectivity index (χ4v) is 3.37. The molecule has 0 aromatic heterocycles.